The minimum Gasteiger partial charge on any atom is -0.324 e. The second-order valence-electron chi connectivity index (χ2n) is 7.17. The first-order valence-electron chi connectivity index (χ1n) is 8.88. The number of anilines is 1. The van der Waals surface area contributed by atoms with Crippen LogP contribution >= 0.6 is 0 Å². The molecule has 2 bridgehead atoms. The molecule has 4 rings (SSSR count). The van der Waals surface area contributed by atoms with Gasteiger partial charge in [-0.3, -0.25) is 9.59 Å². The van der Waals surface area contributed by atoms with Gasteiger partial charge in [0.25, 0.3) is 5.56 Å². The summed E-state index contributed by atoms with van der Waals surface area (Å²) in [6, 6.07) is 12.2. The number of likely N-dealkylation sites (tertiary alicyclic amines) is 1. The summed E-state index contributed by atoms with van der Waals surface area (Å²) in [5.74, 6) is 0.495. The second kappa shape index (κ2) is 6.44. The molecule has 6 nitrogen and oxygen atoms in total. The summed E-state index contributed by atoms with van der Waals surface area (Å²) in [6.45, 7) is 3.44. The van der Waals surface area contributed by atoms with Crippen molar-refractivity contribution in [1.29, 1.82) is 0 Å². The Hall–Kier alpha value is -2.89. The molecule has 1 fully saturated rings. The summed E-state index contributed by atoms with van der Waals surface area (Å²) in [5, 5.41) is 2.91. The Morgan fingerprint density at radius 2 is 1.81 bits per heavy atom. The van der Waals surface area contributed by atoms with E-state index in [2.05, 4.69) is 5.32 Å². The van der Waals surface area contributed by atoms with Crippen LogP contribution in [0, 0.1) is 5.92 Å². The van der Waals surface area contributed by atoms with E-state index >= 15 is 0 Å². The van der Waals surface area contributed by atoms with Crippen LogP contribution < -0.4 is 10.9 Å². The molecule has 2 aliphatic heterocycles. The van der Waals surface area contributed by atoms with E-state index in [4.69, 9.17) is 0 Å². The zero-order chi connectivity index (χ0) is 18.3. The summed E-state index contributed by atoms with van der Waals surface area (Å²) in [7, 11) is 0. The molecule has 0 unspecified atom stereocenters. The first kappa shape index (κ1) is 16.6. The molecule has 2 aliphatic rings. The summed E-state index contributed by atoms with van der Waals surface area (Å²) >= 11 is 0. The molecule has 0 saturated carbocycles. The van der Waals surface area contributed by atoms with E-state index in [-0.39, 0.29) is 23.3 Å². The first-order valence-corrected chi connectivity index (χ1v) is 8.88. The van der Waals surface area contributed by atoms with Crippen molar-refractivity contribution < 1.29 is 9.59 Å². The molecule has 1 aromatic heterocycles. The highest BCUT2D eigenvalue weighted by atomic mass is 16.2. The number of rotatable bonds is 2. The third-order valence-electron chi connectivity index (χ3n) is 5.31. The minimum atomic E-state index is -0.137. The fourth-order valence-electron chi connectivity index (χ4n) is 4.05. The Kier molecular flexibility index (Phi) is 4.11. The van der Waals surface area contributed by atoms with Gasteiger partial charge in [-0.2, -0.15) is 0 Å². The Bertz CT molecular complexity index is 917. The fraction of sp³-hybridized carbons (Fsp3) is 0.350. The minimum absolute atomic E-state index is 0.000593. The molecule has 0 spiro atoms. The average Bonchev–Trinajstić information content (AvgIpc) is 2.63. The highest BCUT2D eigenvalue weighted by Crippen LogP contribution is 2.35. The highest BCUT2D eigenvalue weighted by Gasteiger charge is 2.36. The summed E-state index contributed by atoms with van der Waals surface area (Å²) in [5.41, 5.74) is 2.36. The average molecular weight is 351 g/mol. The standard InChI is InChI=1S/C20H21N3O3/c1-13(24)15-5-7-17(8-6-15)21-20(26)22-10-14-9-16(12-22)18-3-2-4-19(25)23(18)11-14/h2-8,14,16H,9-12H2,1H3,(H,21,26)/t14-,16+/m0/s1. The number of urea groups is 1. The van der Waals surface area contributed by atoms with Gasteiger partial charge in [-0.15, -0.1) is 0 Å². The highest BCUT2D eigenvalue weighted by molar-refractivity contribution is 5.95. The van der Waals surface area contributed by atoms with Crippen molar-refractivity contribution in [3.63, 3.8) is 0 Å². The number of piperidine rings is 1. The van der Waals surface area contributed by atoms with Crippen molar-refractivity contribution >= 4 is 17.5 Å². The topological polar surface area (TPSA) is 71.4 Å². The third-order valence-corrected chi connectivity index (χ3v) is 5.31. The molecule has 1 aromatic carbocycles. The van der Waals surface area contributed by atoms with Gasteiger partial charge < -0.3 is 14.8 Å². The van der Waals surface area contributed by atoms with Crippen molar-refractivity contribution in [3.8, 4) is 0 Å². The molecule has 3 heterocycles. The van der Waals surface area contributed by atoms with Crippen LogP contribution in [0.5, 0.6) is 0 Å². The van der Waals surface area contributed by atoms with Gasteiger partial charge in [0, 0.05) is 48.6 Å². The molecular weight excluding hydrogens is 330 g/mol. The maximum Gasteiger partial charge on any atom is 0.321 e. The largest absolute Gasteiger partial charge is 0.324 e. The van der Waals surface area contributed by atoms with Crippen LogP contribution in [-0.2, 0) is 6.54 Å². The van der Waals surface area contributed by atoms with Gasteiger partial charge in [-0.25, -0.2) is 4.79 Å². The lowest BCUT2D eigenvalue weighted by atomic mass is 9.83. The third kappa shape index (κ3) is 3.03. The fourth-order valence-corrected chi connectivity index (χ4v) is 4.05. The second-order valence-corrected chi connectivity index (χ2v) is 7.17. The Morgan fingerprint density at radius 1 is 1.04 bits per heavy atom. The maximum atomic E-state index is 12.7. The number of nitrogens with zero attached hydrogens (tertiary/aromatic N) is 2. The van der Waals surface area contributed by atoms with Crippen LogP contribution in [0.25, 0.3) is 0 Å². The van der Waals surface area contributed by atoms with Gasteiger partial charge >= 0.3 is 6.03 Å². The number of pyridine rings is 1. The molecule has 1 N–H and O–H groups in total. The molecule has 0 aliphatic carbocycles. The molecule has 1 saturated heterocycles. The summed E-state index contributed by atoms with van der Waals surface area (Å²) in [6.07, 6.45) is 1.01. The molecule has 0 radical (unpaired) electrons. The molecule has 2 aromatic rings. The molecule has 2 atom stereocenters. The zero-order valence-electron chi connectivity index (χ0n) is 14.6. The van der Waals surface area contributed by atoms with Crippen LogP contribution in [-0.4, -0.2) is 34.4 Å². The predicted molar refractivity (Wildman–Crippen MR) is 98.6 cm³/mol. The number of benzene rings is 1. The van der Waals surface area contributed by atoms with Crippen LogP contribution in [0.3, 0.4) is 0 Å². The number of amides is 2. The van der Waals surface area contributed by atoms with E-state index < -0.39 is 0 Å². The zero-order valence-corrected chi connectivity index (χ0v) is 14.6. The maximum absolute atomic E-state index is 12.7. The molecule has 2 amide bonds. The van der Waals surface area contributed by atoms with E-state index in [1.807, 2.05) is 15.5 Å². The van der Waals surface area contributed by atoms with Gasteiger partial charge in [0.05, 0.1) is 0 Å². The first-order chi connectivity index (χ1) is 12.5. The van der Waals surface area contributed by atoms with Crippen molar-refractivity contribution in [2.24, 2.45) is 5.92 Å². The number of hydrogen-bond acceptors (Lipinski definition) is 3. The van der Waals surface area contributed by atoms with Gasteiger partial charge in [0.15, 0.2) is 5.78 Å². The summed E-state index contributed by atoms with van der Waals surface area (Å²) in [4.78, 5) is 37.9. The Balaban J connectivity index is 1.49. The van der Waals surface area contributed by atoms with Crippen LogP contribution in [0.15, 0.2) is 47.3 Å². The van der Waals surface area contributed by atoms with E-state index in [0.29, 0.717) is 36.8 Å². The van der Waals surface area contributed by atoms with Crippen LogP contribution in [0.4, 0.5) is 10.5 Å². The number of Topliss-reactive ketones (excluding diaryl/α,β-unsaturated/α-hetero) is 1. The van der Waals surface area contributed by atoms with E-state index in [9.17, 15) is 14.4 Å². The number of ketones is 1. The Labute approximate surface area is 151 Å². The SMILES string of the molecule is CC(=O)c1ccc(NC(=O)N2C[C@@H]3C[C@H](C2)c2cccc(=O)n2C3)cc1. The predicted octanol–water partition coefficient (Wildman–Crippen LogP) is 2.70. The van der Waals surface area contributed by atoms with E-state index in [1.54, 1.807) is 36.4 Å². The quantitative estimate of drug-likeness (QED) is 0.846. The number of aromatic nitrogens is 1. The van der Waals surface area contributed by atoms with Crippen LogP contribution in [0.2, 0.25) is 0 Å². The van der Waals surface area contributed by atoms with Crippen molar-refractivity contribution in [1.82, 2.24) is 9.47 Å². The normalized spacial score (nSPS) is 21.0. The lowest BCUT2D eigenvalue weighted by Crippen LogP contribution is -2.50. The summed E-state index contributed by atoms with van der Waals surface area (Å²) < 4.78 is 1.86. The molecule has 6 heteroatoms. The monoisotopic (exact) mass is 351 g/mol. The van der Waals surface area contributed by atoms with Gasteiger partial charge in [-0.1, -0.05) is 6.07 Å². The van der Waals surface area contributed by atoms with Gasteiger partial charge in [0.1, 0.15) is 0 Å². The number of nitrogens with one attached hydrogen (secondary N) is 1. The number of carbonyl (C=O) groups is 2. The van der Waals surface area contributed by atoms with Gasteiger partial charge in [-0.05, 0) is 49.6 Å². The lowest BCUT2D eigenvalue weighted by Gasteiger charge is -2.42. The number of hydrogen-bond donors (Lipinski definition) is 1. The Morgan fingerprint density at radius 3 is 2.54 bits per heavy atom. The number of carbonyl (C=O) groups excluding carboxylic acids is 2. The lowest BCUT2D eigenvalue weighted by molar-refractivity contribution is 0.101. The van der Waals surface area contributed by atoms with Gasteiger partial charge in [0.2, 0.25) is 0 Å². The van der Waals surface area contributed by atoms with Crippen molar-refractivity contribution in [3.05, 3.63) is 64.1 Å². The smallest absolute Gasteiger partial charge is 0.321 e. The van der Waals surface area contributed by atoms with Crippen LogP contribution in [0.1, 0.15) is 35.3 Å². The van der Waals surface area contributed by atoms with Crippen molar-refractivity contribution in [2.75, 3.05) is 18.4 Å². The van der Waals surface area contributed by atoms with E-state index in [1.165, 1.54) is 6.92 Å². The molecule has 26 heavy (non-hydrogen) atoms. The number of fused-ring (bicyclic) bond motifs is 4. The molecule has 134 valence electrons. The van der Waals surface area contributed by atoms with Crippen molar-refractivity contribution in [2.45, 2.75) is 25.8 Å². The molecular formula is C20H21N3O3. The van der Waals surface area contributed by atoms with E-state index in [0.717, 1.165) is 12.1 Å².